The summed E-state index contributed by atoms with van der Waals surface area (Å²) in [7, 11) is 0. The highest BCUT2D eigenvalue weighted by Crippen LogP contribution is 2.22. The summed E-state index contributed by atoms with van der Waals surface area (Å²) >= 11 is 0. The van der Waals surface area contributed by atoms with E-state index in [9.17, 15) is 4.79 Å². The van der Waals surface area contributed by atoms with Crippen LogP contribution in [0.25, 0.3) is 0 Å². The van der Waals surface area contributed by atoms with Gasteiger partial charge in [0.2, 0.25) is 0 Å². The Morgan fingerprint density at radius 2 is 2.12 bits per heavy atom. The Morgan fingerprint density at radius 1 is 1.44 bits per heavy atom. The predicted molar refractivity (Wildman–Crippen MR) is 62.9 cm³/mol. The van der Waals surface area contributed by atoms with Crippen LogP contribution in [0.3, 0.4) is 0 Å². The highest BCUT2D eigenvalue weighted by Gasteiger charge is 2.07. The summed E-state index contributed by atoms with van der Waals surface area (Å²) in [6.45, 7) is 5.99. The van der Waals surface area contributed by atoms with E-state index >= 15 is 0 Å². The molecule has 0 aromatic heterocycles. The molecule has 0 bridgehead atoms. The van der Waals surface area contributed by atoms with E-state index in [2.05, 4.69) is 0 Å². The smallest absolute Gasteiger partial charge is 0.307 e. The number of aliphatic carboxylic acids is 1. The second kappa shape index (κ2) is 5.54. The summed E-state index contributed by atoms with van der Waals surface area (Å²) in [5, 5.41) is 8.71. The number of carbonyl (C=O) groups is 1. The molecule has 88 valence electrons. The summed E-state index contributed by atoms with van der Waals surface area (Å²) in [4.78, 5) is 10.6. The molecular weight excluding hydrogens is 204 g/mol. The first-order chi connectivity index (χ1) is 7.52. The molecule has 0 saturated carbocycles. The zero-order valence-corrected chi connectivity index (χ0v) is 9.99. The average molecular weight is 222 g/mol. The molecule has 1 N–H and O–H groups in total. The molecule has 3 nitrogen and oxygen atoms in total. The van der Waals surface area contributed by atoms with Crippen molar-refractivity contribution in [3.63, 3.8) is 0 Å². The Balaban J connectivity index is 2.92. The van der Waals surface area contributed by atoms with E-state index in [1.165, 1.54) is 0 Å². The number of rotatable bonds is 5. The van der Waals surface area contributed by atoms with E-state index in [0.29, 0.717) is 0 Å². The van der Waals surface area contributed by atoms with Crippen LogP contribution in [0.2, 0.25) is 0 Å². The largest absolute Gasteiger partial charge is 0.491 e. The highest BCUT2D eigenvalue weighted by atomic mass is 16.5. The molecule has 0 spiro atoms. The van der Waals surface area contributed by atoms with E-state index in [1.54, 1.807) is 0 Å². The van der Waals surface area contributed by atoms with Gasteiger partial charge in [0.1, 0.15) is 5.75 Å². The van der Waals surface area contributed by atoms with Gasteiger partial charge in [-0.1, -0.05) is 19.1 Å². The van der Waals surface area contributed by atoms with Crippen molar-refractivity contribution in [2.45, 2.75) is 39.7 Å². The van der Waals surface area contributed by atoms with Crippen LogP contribution in [0.15, 0.2) is 18.2 Å². The predicted octanol–water partition coefficient (Wildman–Crippen LogP) is 2.66. The first-order valence-corrected chi connectivity index (χ1v) is 5.53. The Kier molecular flexibility index (Phi) is 4.35. The minimum Gasteiger partial charge on any atom is -0.491 e. The van der Waals surface area contributed by atoms with Crippen molar-refractivity contribution in [2.75, 3.05) is 0 Å². The highest BCUT2D eigenvalue weighted by molar-refractivity contribution is 5.70. The van der Waals surface area contributed by atoms with Crippen molar-refractivity contribution < 1.29 is 14.6 Å². The first kappa shape index (κ1) is 12.6. The summed E-state index contributed by atoms with van der Waals surface area (Å²) in [6, 6.07) is 5.58. The molecule has 0 unspecified atom stereocenters. The van der Waals surface area contributed by atoms with Gasteiger partial charge in [-0.15, -0.1) is 0 Å². The molecule has 0 atom stereocenters. The number of benzene rings is 1. The summed E-state index contributed by atoms with van der Waals surface area (Å²) in [6.07, 6.45) is 1.04. The van der Waals surface area contributed by atoms with Crippen molar-refractivity contribution >= 4 is 5.97 Å². The van der Waals surface area contributed by atoms with Gasteiger partial charge in [-0.25, -0.2) is 0 Å². The Bertz CT molecular complexity index is 369. The average Bonchev–Trinajstić information content (AvgIpc) is 2.18. The molecule has 0 saturated heterocycles. The van der Waals surface area contributed by atoms with E-state index < -0.39 is 5.97 Å². The maximum absolute atomic E-state index is 10.6. The number of hydrogen-bond acceptors (Lipinski definition) is 2. The van der Waals surface area contributed by atoms with Crippen LogP contribution < -0.4 is 4.74 Å². The molecule has 0 aliphatic rings. The van der Waals surface area contributed by atoms with Crippen molar-refractivity contribution in [3.8, 4) is 5.75 Å². The summed E-state index contributed by atoms with van der Waals surface area (Å²) < 4.78 is 5.65. The van der Waals surface area contributed by atoms with Gasteiger partial charge in [-0.05, 0) is 37.5 Å². The monoisotopic (exact) mass is 222 g/mol. The van der Waals surface area contributed by atoms with Crippen LogP contribution in [0.1, 0.15) is 31.9 Å². The van der Waals surface area contributed by atoms with Crippen LogP contribution in [0.5, 0.6) is 5.75 Å². The minimum atomic E-state index is -0.806. The van der Waals surface area contributed by atoms with Gasteiger partial charge < -0.3 is 9.84 Å². The molecule has 1 aromatic rings. The van der Waals surface area contributed by atoms with Crippen LogP contribution in [0.4, 0.5) is 0 Å². The molecule has 0 fully saturated rings. The SMILES string of the molecule is CCc1cc(CC(=O)O)ccc1OC(C)C. The topological polar surface area (TPSA) is 46.5 Å². The molecule has 1 aromatic carbocycles. The van der Waals surface area contributed by atoms with Gasteiger partial charge in [0.25, 0.3) is 0 Å². The van der Waals surface area contributed by atoms with Crippen LogP contribution in [-0.4, -0.2) is 17.2 Å². The lowest BCUT2D eigenvalue weighted by Crippen LogP contribution is -2.08. The van der Waals surface area contributed by atoms with Crippen molar-refractivity contribution in [1.29, 1.82) is 0 Å². The fourth-order valence-electron chi connectivity index (χ4n) is 1.56. The lowest BCUT2D eigenvalue weighted by Gasteiger charge is -2.14. The van der Waals surface area contributed by atoms with Crippen molar-refractivity contribution in [3.05, 3.63) is 29.3 Å². The van der Waals surface area contributed by atoms with Crippen molar-refractivity contribution in [2.24, 2.45) is 0 Å². The molecule has 16 heavy (non-hydrogen) atoms. The standard InChI is InChI=1S/C13H18O3/c1-4-11-7-10(8-13(14)15)5-6-12(11)16-9(2)3/h5-7,9H,4,8H2,1-3H3,(H,14,15). The zero-order chi connectivity index (χ0) is 12.1. The third kappa shape index (κ3) is 3.57. The van der Waals surface area contributed by atoms with Crippen LogP contribution in [-0.2, 0) is 17.6 Å². The number of carboxylic acids is 1. The fraction of sp³-hybridized carbons (Fsp3) is 0.462. The van der Waals surface area contributed by atoms with E-state index in [0.717, 1.165) is 23.3 Å². The number of hydrogen-bond donors (Lipinski definition) is 1. The number of carboxylic acid groups (broad SMARTS) is 1. The van der Waals surface area contributed by atoms with Gasteiger partial charge >= 0.3 is 5.97 Å². The molecule has 0 radical (unpaired) electrons. The normalized spacial score (nSPS) is 10.5. The maximum atomic E-state index is 10.6. The van der Waals surface area contributed by atoms with E-state index in [1.807, 2.05) is 39.0 Å². The Morgan fingerprint density at radius 3 is 2.62 bits per heavy atom. The van der Waals surface area contributed by atoms with Gasteiger partial charge in [0, 0.05) is 0 Å². The number of ether oxygens (including phenoxy) is 1. The quantitative estimate of drug-likeness (QED) is 0.833. The van der Waals surface area contributed by atoms with Gasteiger partial charge in [-0.2, -0.15) is 0 Å². The minimum absolute atomic E-state index is 0.0644. The van der Waals surface area contributed by atoms with Crippen LogP contribution >= 0.6 is 0 Å². The number of aryl methyl sites for hydroxylation is 1. The summed E-state index contributed by atoms with van der Waals surface area (Å²) in [5.74, 6) is 0.0474. The Labute approximate surface area is 96.1 Å². The van der Waals surface area contributed by atoms with Crippen LogP contribution in [0, 0.1) is 0 Å². The third-order valence-electron chi connectivity index (χ3n) is 2.22. The first-order valence-electron chi connectivity index (χ1n) is 5.53. The second-order valence-electron chi connectivity index (χ2n) is 4.03. The molecule has 0 aliphatic heterocycles. The lowest BCUT2D eigenvalue weighted by molar-refractivity contribution is -0.136. The molecule has 1 rings (SSSR count). The van der Waals surface area contributed by atoms with Gasteiger partial charge in [0.05, 0.1) is 12.5 Å². The Hall–Kier alpha value is -1.51. The third-order valence-corrected chi connectivity index (χ3v) is 2.22. The molecule has 0 aliphatic carbocycles. The molecule has 3 heteroatoms. The van der Waals surface area contributed by atoms with Gasteiger partial charge in [0.15, 0.2) is 0 Å². The zero-order valence-electron chi connectivity index (χ0n) is 9.99. The van der Waals surface area contributed by atoms with Crippen molar-refractivity contribution in [1.82, 2.24) is 0 Å². The lowest BCUT2D eigenvalue weighted by atomic mass is 10.1. The van der Waals surface area contributed by atoms with E-state index in [4.69, 9.17) is 9.84 Å². The van der Waals surface area contributed by atoms with E-state index in [-0.39, 0.29) is 12.5 Å². The van der Waals surface area contributed by atoms with Gasteiger partial charge in [-0.3, -0.25) is 4.79 Å². The molecule has 0 heterocycles. The molecular formula is C13H18O3. The summed E-state index contributed by atoms with van der Waals surface area (Å²) in [5.41, 5.74) is 1.88. The second-order valence-corrected chi connectivity index (χ2v) is 4.03. The fourth-order valence-corrected chi connectivity index (χ4v) is 1.56. The molecule has 0 amide bonds. The maximum Gasteiger partial charge on any atom is 0.307 e.